The zero-order valence-electron chi connectivity index (χ0n) is 22.8. The maximum atomic E-state index is 13.3. The number of carboxylic acids is 1. The van der Waals surface area contributed by atoms with Gasteiger partial charge in [-0.2, -0.15) is 13.2 Å². The summed E-state index contributed by atoms with van der Waals surface area (Å²) < 4.78 is 44.6. The number of alkyl halides is 3. The van der Waals surface area contributed by atoms with E-state index in [4.69, 9.17) is 4.74 Å². The lowest BCUT2D eigenvalue weighted by Gasteiger charge is -2.20. The van der Waals surface area contributed by atoms with E-state index < -0.39 is 24.2 Å². The number of halogens is 3. The molecule has 0 aliphatic carbocycles. The molecule has 3 aromatic rings. The second-order valence-corrected chi connectivity index (χ2v) is 9.80. The zero-order chi connectivity index (χ0) is 29.1. The fourth-order valence-electron chi connectivity index (χ4n) is 4.34. The van der Waals surface area contributed by atoms with E-state index in [1.54, 1.807) is 31.5 Å². The number of carbonyl (C=O) groups is 2. The minimum Gasteiger partial charge on any atom is -0.478 e. The number of aromatic nitrogens is 2. The molecule has 0 amide bonds. The lowest BCUT2D eigenvalue weighted by molar-refractivity contribution is -0.206. The molecule has 1 N–H and O–H groups in total. The van der Waals surface area contributed by atoms with Crippen molar-refractivity contribution in [3.63, 3.8) is 0 Å². The molecule has 1 heterocycles. The van der Waals surface area contributed by atoms with Crippen molar-refractivity contribution in [1.29, 1.82) is 0 Å². The van der Waals surface area contributed by atoms with Gasteiger partial charge in [0.05, 0.1) is 11.1 Å². The van der Waals surface area contributed by atoms with Gasteiger partial charge < -0.3 is 9.84 Å². The summed E-state index contributed by atoms with van der Waals surface area (Å²) in [5, 5.41) is 9.74. The second kappa shape index (κ2) is 14.6. The van der Waals surface area contributed by atoms with Crippen molar-refractivity contribution in [2.24, 2.45) is 0 Å². The highest BCUT2D eigenvalue weighted by atomic mass is 19.4. The summed E-state index contributed by atoms with van der Waals surface area (Å²) in [6, 6.07) is 10.4. The first-order valence-electron chi connectivity index (χ1n) is 13.7. The van der Waals surface area contributed by atoms with Crippen molar-refractivity contribution in [1.82, 2.24) is 9.97 Å². The van der Waals surface area contributed by atoms with Crippen molar-refractivity contribution < 1.29 is 32.6 Å². The fourth-order valence-corrected chi connectivity index (χ4v) is 4.34. The Kier molecular flexibility index (Phi) is 11.2. The molecule has 0 spiro atoms. The Labute approximate surface area is 232 Å². The van der Waals surface area contributed by atoms with Gasteiger partial charge in [0.2, 0.25) is 0 Å². The predicted octanol–water partition coefficient (Wildman–Crippen LogP) is 8.30. The molecule has 0 saturated carbocycles. The monoisotopic (exact) mass is 556 g/mol. The molecule has 214 valence electrons. The van der Waals surface area contributed by atoms with Gasteiger partial charge in [0, 0.05) is 18.0 Å². The number of rotatable bonds is 14. The topological polar surface area (TPSA) is 89.4 Å². The number of hydrogen-bond acceptors (Lipinski definition) is 5. The summed E-state index contributed by atoms with van der Waals surface area (Å²) in [4.78, 5) is 33.3. The molecule has 2 aromatic carbocycles. The quantitative estimate of drug-likeness (QED) is 0.159. The largest absolute Gasteiger partial charge is 0.478 e. The second-order valence-electron chi connectivity index (χ2n) is 9.80. The predicted molar refractivity (Wildman–Crippen MR) is 147 cm³/mol. The lowest BCUT2D eigenvalue weighted by atomic mass is 9.96. The van der Waals surface area contributed by atoms with E-state index in [0.29, 0.717) is 28.9 Å². The Morgan fingerprint density at radius 2 is 1.50 bits per heavy atom. The van der Waals surface area contributed by atoms with E-state index in [1.165, 1.54) is 49.6 Å². The Morgan fingerprint density at radius 1 is 0.875 bits per heavy atom. The Balaban J connectivity index is 1.79. The van der Waals surface area contributed by atoms with Crippen LogP contribution in [-0.4, -0.2) is 39.3 Å². The third kappa shape index (κ3) is 8.63. The smallest absolute Gasteiger partial charge is 0.425 e. The van der Waals surface area contributed by atoms with E-state index in [-0.39, 0.29) is 24.0 Å². The summed E-state index contributed by atoms with van der Waals surface area (Å²) in [7, 11) is 0. The lowest BCUT2D eigenvalue weighted by Crippen LogP contribution is -2.33. The van der Waals surface area contributed by atoms with Gasteiger partial charge >= 0.3 is 18.1 Å². The number of esters is 1. The van der Waals surface area contributed by atoms with Crippen LogP contribution >= 0.6 is 0 Å². The molecular formula is C31H35F3N2O4. The molecule has 0 bridgehead atoms. The molecule has 40 heavy (non-hydrogen) atoms. The number of carboxylic acid groups (broad SMARTS) is 1. The van der Waals surface area contributed by atoms with E-state index in [2.05, 4.69) is 16.9 Å². The van der Waals surface area contributed by atoms with Crippen LogP contribution < -0.4 is 0 Å². The molecule has 1 aromatic heterocycles. The van der Waals surface area contributed by atoms with Crippen molar-refractivity contribution in [3.8, 4) is 22.5 Å². The number of benzene rings is 2. The highest BCUT2D eigenvalue weighted by molar-refractivity contribution is 5.97. The number of nitrogens with zero attached hydrogens (tertiary/aromatic N) is 2. The van der Waals surface area contributed by atoms with E-state index in [1.807, 2.05) is 0 Å². The summed E-state index contributed by atoms with van der Waals surface area (Å²) in [5.74, 6) is -1.79. The number of aromatic carboxylic acids is 1. The third-order valence-corrected chi connectivity index (χ3v) is 6.65. The summed E-state index contributed by atoms with van der Waals surface area (Å²) >= 11 is 0. The molecule has 0 fully saturated rings. The van der Waals surface area contributed by atoms with Gasteiger partial charge in [-0.25, -0.2) is 19.6 Å². The SMILES string of the molecule is CCCCCCCc1cnc(-c2ccc(C(=O)O)c(-c3ccc(C(=O)OC(CCCC)C(F)(F)F)cc3)c2)nc1. The summed E-state index contributed by atoms with van der Waals surface area (Å²) in [6.07, 6.45) is 3.99. The Bertz CT molecular complexity index is 1260. The van der Waals surface area contributed by atoms with Crippen molar-refractivity contribution in [2.75, 3.05) is 0 Å². The van der Waals surface area contributed by atoms with Crippen LogP contribution in [0.25, 0.3) is 22.5 Å². The van der Waals surface area contributed by atoms with Crippen LogP contribution in [0.2, 0.25) is 0 Å². The van der Waals surface area contributed by atoms with E-state index >= 15 is 0 Å². The Morgan fingerprint density at radius 3 is 2.10 bits per heavy atom. The molecule has 3 rings (SSSR count). The third-order valence-electron chi connectivity index (χ3n) is 6.65. The first-order chi connectivity index (χ1) is 19.1. The van der Waals surface area contributed by atoms with Gasteiger partial charge in [0.15, 0.2) is 11.9 Å². The highest BCUT2D eigenvalue weighted by Crippen LogP contribution is 2.31. The van der Waals surface area contributed by atoms with Gasteiger partial charge in [0.25, 0.3) is 0 Å². The molecule has 0 aliphatic rings. The van der Waals surface area contributed by atoms with Crippen LogP contribution in [0.5, 0.6) is 0 Å². The minimum absolute atomic E-state index is 0.0273. The van der Waals surface area contributed by atoms with Gasteiger partial charge in [-0.15, -0.1) is 0 Å². The first-order valence-corrected chi connectivity index (χ1v) is 13.7. The number of aryl methyl sites for hydroxylation is 1. The highest BCUT2D eigenvalue weighted by Gasteiger charge is 2.42. The van der Waals surface area contributed by atoms with Crippen molar-refractivity contribution in [3.05, 3.63) is 71.5 Å². The fraction of sp³-hybridized carbons (Fsp3) is 0.419. The van der Waals surface area contributed by atoms with Crippen LogP contribution in [0.1, 0.15) is 91.5 Å². The normalized spacial score (nSPS) is 12.2. The first kappa shape index (κ1) is 30.8. The molecule has 1 atom stereocenters. The van der Waals surface area contributed by atoms with Crippen LogP contribution in [0.3, 0.4) is 0 Å². The van der Waals surface area contributed by atoms with Gasteiger partial charge in [0.1, 0.15) is 0 Å². The molecule has 0 aliphatic heterocycles. The van der Waals surface area contributed by atoms with Crippen LogP contribution in [0, 0.1) is 0 Å². The van der Waals surface area contributed by atoms with E-state index in [9.17, 15) is 27.9 Å². The maximum absolute atomic E-state index is 13.3. The minimum atomic E-state index is -4.66. The zero-order valence-corrected chi connectivity index (χ0v) is 22.8. The van der Waals surface area contributed by atoms with Crippen molar-refractivity contribution in [2.45, 2.75) is 83.9 Å². The molecule has 9 heteroatoms. The number of unbranched alkanes of at least 4 members (excludes halogenated alkanes) is 5. The summed E-state index contributed by atoms with van der Waals surface area (Å²) in [5.41, 5.74) is 2.45. The average Bonchev–Trinajstić information content (AvgIpc) is 2.94. The summed E-state index contributed by atoms with van der Waals surface area (Å²) in [6.45, 7) is 3.93. The molecular weight excluding hydrogens is 521 g/mol. The maximum Gasteiger partial charge on any atom is 0.425 e. The number of hydrogen-bond donors (Lipinski definition) is 1. The molecule has 1 unspecified atom stereocenters. The number of carbonyl (C=O) groups excluding carboxylic acids is 1. The molecule has 0 radical (unpaired) electrons. The van der Waals surface area contributed by atoms with Crippen LogP contribution in [0.4, 0.5) is 13.2 Å². The van der Waals surface area contributed by atoms with Crippen molar-refractivity contribution >= 4 is 11.9 Å². The average molecular weight is 557 g/mol. The van der Waals surface area contributed by atoms with E-state index in [0.717, 1.165) is 24.8 Å². The molecule has 0 saturated heterocycles. The molecule has 6 nitrogen and oxygen atoms in total. The van der Waals surface area contributed by atoms with Gasteiger partial charge in [-0.1, -0.05) is 64.2 Å². The number of ether oxygens (including phenoxy) is 1. The Hall–Kier alpha value is -3.75. The van der Waals surface area contributed by atoms with Crippen LogP contribution in [-0.2, 0) is 11.2 Å². The van der Waals surface area contributed by atoms with Gasteiger partial charge in [-0.3, -0.25) is 0 Å². The standard InChI is InChI=1S/C31H35F3N2O4/c1-3-5-7-8-9-10-21-19-35-28(36-20-21)24-16-17-25(29(37)38)26(18-24)22-12-14-23(15-13-22)30(39)40-27(11-6-4-2)31(32,33)34/h12-20,27H,3-11H2,1-2H3,(H,37,38). The van der Waals surface area contributed by atoms with Crippen LogP contribution in [0.15, 0.2) is 54.9 Å². The van der Waals surface area contributed by atoms with Gasteiger partial charge in [-0.05, 0) is 66.6 Å².